The molecule has 5 nitrogen and oxygen atoms in total. The van der Waals surface area contributed by atoms with E-state index in [1.165, 1.54) is 64.0 Å². The van der Waals surface area contributed by atoms with E-state index in [-0.39, 0.29) is 11.9 Å². The molecule has 2 unspecified atom stereocenters. The van der Waals surface area contributed by atoms with E-state index in [1.807, 2.05) is 13.8 Å². The molecule has 0 aliphatic heterocycles. The van der Waals surface area contributed by atoms with Gasteiger partial charge in [-0.25, -0.2) is 9.78 Å². The summed E-state index contributed by atoms with van der Waals surface area (Å²) in [5.41, 5.74) is 5.81. The number of carbonyl (C=O) groups excluding carboxylic acids is 1. The van der Waals surface area contributed by atoms with Gasteiger partial charge in [-0.1, -0.05) is 70.9 Å². The summed E-state index contributed by atoms with van der Waals surface area (Å²) >= 11 is 4.57. The summed E-state index contributed by atoms with van der Waals surface area (Å²) in [6.45, 7) is 6.41. The van der Waals surface area contributed by atoms with Crippen molar-refractivity contribution in [1.82, 2.24) is 9.97 Å². The average molecular weight is 466 g/mol. The third kappa shape index (κ3) is 10.6. The van der Waals surface area contributed by atoms with Crippen LogP contribution in [0.1, 0.15) is 114 Å². The van der Waals surface area contributed by atoms with E-state index in [4.69, 9.17) is 10.5 Å². The van der Waals surface area contributed by atoms with Gasteiger partial charge in [0.15, 0.2) is 0 Å². The van der Waals surface area contributed by atoms with Crippen molar-refractivity contribution in [2.75, 3.05) is 12.3 Å². The molecule has 3 N–H and O–H groups in total. The molecule has 0 radical (unpaired) electrons. The average Bonchev–Trinajstić information content (AvgIpc) is 3.24. The van der Waals surface area contributed by atoms with Crippen molar-refractivity contribution in [3.05, 3.63) is 29.9 Å². The van der Waals surface area contributed by atoms with E-state index in [0.717, 1.165) is 19.3 Å². The van der Waals surface area contributed by atoms with E-state index < -0.39 is 5.60 Å². The SMILES string of the molecule is CCCCCCCCC=CCCCCCC(CS)C(CC)(CN)OC(=O)c1cnc(C)[nH]1. The molecule has 0 spiro atoms. The summed E-state index contributed by atoms with van der Waals surface area (Å²) in [5.74, 6) is 1.09. The van der Waals surface area contributed by atoms with Gasteiger partial charge in [-0.05, 0) is 51.2 Å². The maximum Gasteiger partial charge on any atom is 0.357 e. The number of carbonyl (C=O) groups is 1. The molecule has 184 valence electrons. The van der Waals surface area contributed by atoms with Crippen molar-refractivity contribution in [1.29, 1.82) is 0 Å². The molecule has 1 aromatic rings. The Morgan fingerprint density at radius 3 is 2.28 bits per heavy atom. The Hall–Kier alpha value is -1.27. The Kier molecular flexibility index (Phi) is 15.5. The van der Waals surface area contributed by atoms with Crippen LogP contribution in [0.5, 0.6) is 0 Å². The molecule has 32 heavy (non-hydrogen) atoms. The first-order valence-electron chi connectivity index (χ1n) is 12.7. The molecule has 0 aromatic carbocycles. The fourth-order valence-electron chi connectivity index (χ4n) is 4.19. The maximum absolute atomic E-state index is 12.6. The number of unbranched alkanes of at least 4 members (excludes halogenated alkanes) is 9. The maximum atomic E-state index is 12.6. The lowest BCUT2D eigenvalue weighted by Crippen LogP contribution is -2.49. The summed E-state index contributed by atoms with van der Waals surface area (Å²) in [6, 6.07) is 0. The van der Waals surface area contributed by atoms with E-state index >= 15 is 0 Å². The minimum atomic E-state index is -0.686. The lowest BCUT2D eigenvalue weighted by atomic mass is 9.82. The number of rotatable bonds is 19. The van der Waals surface area contributed by atoms with E-state index in [2.05, 4.69) is 41.7 Å². The molecule has 0 aliphatic carbocycles. The van der Waals surface area contributed by atoms with Crippen LogP contribution in [0.2, 0.25) is 0 Å². The monoisotopic (exact) mass is 465 g/mol. The van der Waals surface area contributed by atoms with Crippen LogP contribution in [0.15, 0.2) is 18.3 Å². The molecule has 0 bridgehead atoms. The Morgan fingerprint density at radius 2 is 1.75 bits per heavy atom. The number of imidazole rings is 1. The van der Waals surface area contributed by atoms with Crippen LogP contribution in [-0.2, 0) is 4.74 Å². The molecule has 1 rings (SSSR count). The van der Waals surface area contributed by atoms with E-state index in [9.17, 15) is 4.79 Å². The normalized spacial score (nSPS) is 14.5. The molecule has 1 heterocycles. The molecular formula is C26H47N3O2S. The van der Waals surface area contributed by atoms with Gasteiger partial charge in [0, 0.05) is 12.5 Å². The number of ether oxygens (including phenoxy) is 1. The Labute approximate surface area is 201 Å². The second kappa shape index (κ2) is 17.2. The van der Waals surface area contributed by atoms with Crippen molar-refractivity contribution in [2.45, 2.75) is 110 Å². The molecule has 0 fully saturated rings. The van der Waals surface area contributed by atoms with Crippen LogP contribution < -0.4 is 5.73 Å². The Morgan fingerprint density at radius 1 is 1.12 bits per heavy atom. The van der Waals surface area contributed by atoms with Crippen LogP contribution in [-0.4, -0.2) is 33.8 Å². The van der Waals surface area contributed by atoms with Crippen LogP contribution in [0.25, 0.3) is 0 Å². The van der Waals surface area contributed by atoms with Gasteiger partial charge in [-0.3, -0.25) is 0 Å². The van der Waals surface area contributed by atoms with Gasteiger partial charge in [0.1, 0.15) is 17.1 Å². The summed E-state index contributed by atoms with van der Waals surface area (Å²) in [7, 11) is 0. The van der Waals surface area contributed by atoms with E-state index in [0.29, 0.717) is 30.2 Å². The molecule has 0 aliphatic rings. The molecule has 0 saturated carbocycles. The predicted octanol–water partition coefficient (Wildman–Crippen LogP) is 6.79. The minimum absolute atomic E-state index is 0.136. The highest BCUT2D eigenvalue weighted by Gasteiger charge is 2.39. The molecule has 1 aromatic heterocycles. The fourth-order valence-corrected chi connectivity index (χ4v) is 4.70. The number of hydrogen-bond donors (Lipinski definition) is 3. The largest absolute Gasteiger partial charge is 0.453 e. The highest BCUT2D eigenvalue weighted by Crippen LogP contribution is 2.32. The predicted molar refractivity (Wildman–Crippen MR) is 138 cm³/mol. The number of nitrogens with one attached hydrogen (secondary N) is 1. The van der Waals surface area contributed by atoms with Crippen LogP contribution >= 0.6 is 12.6 Å². The molecular weight excluding hydrogens is 418 g/mol. The highest BCUT2D eigenvalue weighted by atomic mass is 32.1. The number of H-pyrrole nitrogens is 1. The van der Waals surface area contributed by atoms with Gasteiger partial charge in [0.2, 0.25) is 0 Å². The zero-order valence-electron chi connectivity index (χ0n) is 20.7. The van der Waals surface area contributed by atoms with E-state index in [1.54, 1.807) is 0 Å². The summed E-state index contributed by atoms with van der Waals surface area (Å²) in [5, 5.41) is 0. The number of allylic oxidation sites excluding steroid dienone is 2. The van der Waals surface area contributed by atoms with Gasteiger partial charge >= 0.3 is 5.97 Å². The molecule has 6 heteroatoms. The molecule has 2 atom stereocenters. The molecule has 0 amide bonds. The summed E-state index contributed by atoms with van der Waals surface area (Å²) in [6.07, 6.45) is 21.8. The number of aromatic amines is 1. The number of thiol groups is 1. The summed E-state index contributed by atoms with van der Waals surface area (Å²) in [4.78, 5) is 19.7. The smallest absolute Gasteiger partial charge is 0.357 e. The van der Waals surface area contributed by atoms with Gasteiger partial charge in [-0.15, -0.1) is 0 Å². The summed E-state index contributed by atoms with van der Waals surface area (Å²) < 4.78 is 5.96. The number of aryl methyl sites for hydroxylation is 1. The number of nitrogens with zero attached hydrogens (tertiary/aromatic N) is 1. The second-order valence-corrected chi connectivity index (χ2v) is 9.30. The number of nitrogens with two attached hydrogens (primary N) is 1. The number of aromatic nitrogens is 2. The zero-order valence-corrected chi connectivity index (χ0v) is 21.6. The van der Waals surface area contributed by atoms with Gasteiger partial charge in [0.25, 0.3) is 0 Å². The Balaban J connectivity index is 2.33. The standard InChI is InChI=1S/C26H47N3O2S/c1-4-6-7-8-9-10-11-12-13-14-15-16-17-18-23(20-32)26(5-2,21-27)31-25(30)24-19-28-22(3)29-24/h12-13,19,23,32H,4-11,14-18,20-21,27H2,1-3H3,(H,28,29). The first-order chi connectivity index (χ1) is 15.5. The van der Waals surface area contributed by atoms with Gasteiger partial charge in [0.05, 0.1) is 6.20 Å². The topological polar surface area (TPSA) is 81.0 Å². The third-order valence-electron chi connectivity index (χ3n) is 6.44. The first kappa shape index (κ1) is 28.8. The van der Waals surface area contributed by atoms with Crippen molar-refractivity contribution >= 4 is 18.6 Å². The van der Waals surface area contributed by atoms with Crippen molar-refractivity contribution in [3.8, 4) is 0 Å². The van der Waals surface area contributed by atoms with Gasteiger partial charge in [-0.2, -0.15) is 12.6 Å². The quantitative estimate of drug-likeness (QED) is 0.0909. The molecule has 0 saturated heterocycles. The third-order valence-corrected chi connectivity index (χ3v) is 6.88. The van der Waals surface area contributed by atoms with Crippen LogP contribution in [0.4, 0.5) is 0 Å². The lowest BCUT2D eigenvalue weighted by Gasteiger charge is -2.38. The van der Waals surface area contributed by atoms with Crippen LogP contribution in [0, 0.1) is 12.8 Å². The number of hydrogen-bond acceptors (Lipinski definition) is 5. The highest BCUT2D eigenvalue weighted by molar-refractivity contribution is 7.80. The van der Waals surface area contributed by atoms with Crippen molar-refractivity contribution in [3.63, 3.8) is 0 Å². The fraction of sp³-hybridized carbons (Fsp3) is 0.769. The number of esters is 1. The van der Waals surface area contributed by atoms with Crippen LogP contribution in [0.3, 0.4) is 0 Å². The first-order valence-corrected chi connectivity index (χ1v) is 13.4. The lowest BCUT2D eigenvalue weighted by molar-refractivity contribution is -0.0462. The second-order valence-electron chi connectivity index (χ2n) is 8.94. The van der Waals surface area contributed by atoms with Crippen molar-refractivity contribution < 1.29 is 9.53 Å². The zero-order chi connectivity index (χ0) is 23.7. The van der Waals surface area contributed by atoms with Crippen molar-refractivity contribution in [2.24, 2.45) is 11.7 Å². The minimum Gasteiger partial charge on any atom is -0.453 e. The van der Waals surface area contributed by atoms with Gasteiger partial charge < -0.3 is 15.5 Å². The Bertz CT molecular complexity index is 641.